The molecule has 0 fully saturated rings. The predicted molar refractivity (Wildman–Crippen MR) is 436 cm³/mol. The third-order valence-electron chi connectivity index (χ3n) is 17.3. The quantitative estimate of drug-likeness (QED) is 0.0176. The number of anilines is 2. The molecule has 0 saturated heterocycles. The van der Waals surface area contributed by atoms with Crippen LogP contribution in [0.15, 0.2) is 144 Å². The number of pyridine rings is 2. The molecule has 15 nitrogen and oxygen atoms in total. The summed E-state index contributed by atoms with van der Waals surface area (Å²) in [7, 11) is -21.3. The number of hydrogen-bond acceptors (Lipinski definition) is 15. The van der Waals surface area contributed by atoms with Crippen LogP contribution in [0.25, 0.3) is 0 Å². The Morgan fingerprint density at radius 1 is 0.391 bits per heavy atom. The van der Waals surface area contributed by atoms with E-state index in [4.69, 9.17) is 33.7 Å². The second-order valence-electron chi connectivity index (χ2n) is 31.6. The first kappa shape index (κ1) is 103. The van der Waals surface area contributed by atoms with E-state index in [1.54, 1.807) is 49.1 Å². The zero-order valence-corrected chi connectivity index (χ0v) is 72.8. The van der Waals surface area contributed by atoms with E-state index in [2.05, 4.69) is 180 Å². The molecule has 115 heavy (non-hydrogen) atoms. The van der Waals surface area contributed by atoms with Gasteiger partial charge in [-0.2, -0.15) is 0 Å². The number of nitrogens with zero attached hydrogens (tertiary/aromatic N) is 4. The van der Waals surface area contributed by atoms with Gasteiger partial charge in [0.1, 0.15) is 11.4 Å². The average molecular weight is 1770 g/mol. The molecule has 646 valence electrons. The van der Waals surface area contributed by atoms with E-state index in [1.165, 1.54) is 34.4 Å². The summed E-state index contributed by atoms with van der Waals surface area (Å²) in [5.41, 5.74) is 13.7. The third kappa shape index (κ3) is 34.8. The zero-order valence-electron chi connectivity index (χ0n) is 69.2. The van der Waals surface area contributed by atoms with Gasteiger partial charge in [0.2, 0.25) is 0 Å². The summed E-state index contributed by atoms with van der Waals surface area (Å²) in [6.07, 6.45) is 7.07. The van der Waals surface area contributed by atoms with Crippen molar-refractivity contribution in [1.29, 1.82) is 0 Å². The van der Waals surface area contributed by atoms with Crippen LogP contribution in [0.4, 0.5) is 73.1 Å². The Labute approximate surface area is 690 Å². The van der Waals surface area contributed by atoms with Gasteiger partial charge < -0.3 is 54.7 Å². The summed E-state index contributed by atoms with van der Waals surface area (Å²) < 4.78 is 147. The van der Waals surface area contributed by atoms with Crippen molar-refractivity contribution < 1.29 is 129 Å². The fourth-order valence-electron chi connectivity index (χ4n) is 11.1. The van der Waals surface area contributed by atoms with Crippen LogP contribution < -0.4 is 20.1 Å². The molecule has 8 aromatic rings. The topological polar surface area (TPSA) is 202 Å². The van der Waals surface area contributed by atoms with Crippen LogP contribution in [-0.2, 0) is 93.9 Å². The summed E-state index contributed by atoms with van der Waals surface area (Å²) in [5, 5.41) is 48.0. The Hall–Kier alpha value is -7.70. The maximum absolute atomic E-state index is 10.7. The van der Waals surface area contributed by atoms with Crippen molar-refractivity contribution in [2.75, 3.05) is 50.3 Å². The van der Waals surface area contributed by atoms with E-state index in [0.717, 1.165) is 119 Å². The first-order valence-corrected chi connectivity index (χ1v) is 40.9. The van der Waals surface area contributed by atoms with Crippen molar-refractivity contribution in [3.63, 3.8) is 0 Å². The van der Waals surface area contributed by atoms with Gasteiger partial charge in [-0.25, -0.2) is 0 Å². The van der Waals surface area contributed by atoms with Crippen molar-refractivity contribution >= 4 is 50.8 Å². The summed E-state index contributed by atoms with van der Waals surface area (Å²) in [6.45, 7) is 53.0. The van der Waals surface area contributed by atoms with Crippen molar-refractivity contribution in [3.8, 4) is 46.0 Å². The number of fused-ring (bicyclic) bond motifs is 4. The molecule has 2 aromatic heterocycles. The zero-order chi connectivity index (χ0) is 86.1. The smallest absolute Gasteiger partial charge is 2.00 e. The van der Waals surface area contributed by atoms with Gasteiger partial charge in [-0.05, 0) is 146 Å². The van der Waals surface area contributed by atoms with Gasteiger partial charge in [-0.1, -0.05) is 171 Å². The summed E-state index contributed by atoms with van der Waals surface area (Å²) in [4.78, 5) is 18.7. The van der Waals surface area contributed by atoms with Gasteiger partial charge in [-0.15, -0.1) is 0 Å². The normalized spacial score (nSPS) is 14.3. The average Bonchev–Trinajstić information content (AvgIpc) is 0.725. The van der Waals surface area contributed by atoms with Crippen LogP contribution >= 0.6 is 15.6 Å². The molecule has 31 heteroatoms. The van der Waals surface area contributed by atoms with Gasteiger partial charge in [0.05, 0.1) is 35.2 Å². The fourth-order valence-corrected chi connectivity index (χ4v) is 11.1. The van der Waals surface area contributed by atoms with E-state index < -0.39 is 26.4 Å². The molecule has 0 bridgehead atoms. The monoisotopic (exact) mass is 1760 g/mol. The number of benzene rings is 6. The van der Waals surface area contributed by atoms with Gasteiger partial charge in [0.15, 0.2) is 46.0 Å². The van der Waals surface area contributed by atoms with E-state index in [0.29, 0.717) is 24.2 Å². The molecule has 10 rings (SSSR count). The van der Waals surface area contributed by atoms with Gasteiger partial charge in [-0.3, -0.25) is 20.0 Å². The summed E-state index contributed by atoms with van der Waals surface area (Å²) in [6, 6.07) is 39.0. The molecule has 0 atom stereocenters. The molecule has 2 radical (unpaired) electrons. The Morgan fingerprint density at radius 2 is 0.652 bits per heavy atom. The largest absolute Gasteiger partial charge is 2.00 e. The van der Waals surface area contributed by atoms with E-state index in [1.807, 2.05) is 77.9 Å². The molecule has 0 amide bonds. The summed E-state index contributed by atoms with van der Waals surface area (Å²) >= 11 is 0. The predicted octanol–water partition coefficient (Wildman–Crippen LogP) is 27.7. The van der Waals surface area contributed by atoms with Crippen molar-refractivity contribution in [3.05, 3.63) is 201 Å². The number of aromatic nitrogens is 2. The number of ether oxygens (including phenoxy) is 5. The number of halogens is 12. The number of phenolic OH excluding ortho intramolecular Hbond substituents is 4. The van der Waals surface area contributed by atoms with Crippen LogP contribution in [0.5, 0.6) is 46.0 Å². The number of phenols is 4. The Morgan fingerprint density at radius 3 is 0.887 bits per heavy atom. The van der Waals surface area contributed by atoms with Crippen LogP contribution in [-0.4, -0.2) is 82.5 Å². The van der Waals surface area contributed by atoms with Gasteiger partial charge in [0.25, 0.3) is 0 Å². The number of para-hydroxylation sites is 2. The van der Waals surface area contributed by atoms with Crippen LogP contribution in [0, 0.1) is 0 Å². The molecule has 2 aliphatic rings. The minimum Gasteiger partial charge on any atom is 2.00 e. The molecular weight excluding hydrogens is 1650 g/mol. The van der Waals surface area contributed by atoms with Crippen LogP contribution in [0.1, 0.15) is 219 Å². The maximum Gasteiger partial charge on any atom is 2.00 e. The first-order valence-electron chi connectivity index (χ1n) is 36.8. The number of hydrogen-bond donors (Lipinski definition) is 6. The van der Waals surface area contributed by atoms with Crippen LogP contribution in [0.3, 0.4) is 0 Å². The minimum atomic E-state index is -10.7. The molecule has 0 unspecified atom stereocenters. The van der Waals surface area contributed by atoms with E-state index in [9.17, 15) is 70.8 Å². The van der Waals surface area contributed by atoms with Crippen molar-refractivity contribution in [2.45, 2.75) is 198 Å². The summed E-state index contributed by atoms with van der Waals surface area (Å²) in [5.74, 6) is 2.37. The first-order chi connectivity index (χ1) is 51.5. The molecule has 0 saturated carbocycles. The molecule has 2 aliphatic heterocycles. The van der Waals surface area contributed by atoms with Crippen molar-refractivity contribution in [1.82, 2.24) is 9.97 Å². The molecule has 6 aromatic carbocycles. The minimum absolute atomic E-state index is 0. The third-order valence-corrected chi connectivity index (χ3v) is 17.3. The van der Waals surface area contributed by atoms with E-state index >= 15 is 0 Å². The van der Waals surface area contributed by atoms with E-state index in [-0.39, 0.29) is 78.8 Å². The number of rotatable bonds is 16. The molecule has 6 N–H and O–H groups in total. The number of aromatic hydroxyl groups is 4. The molecular formula is C84H112Cu2F12N6O9P2+2. The number of nitrogens with one attached hydrogen (secondary N) is 2. The SMILES string of the molecule is CC(C)(C)c1cc(N=Cc2ccccn2)c2c(c1)C(C)(C)c1cc(C(C)(C)C)cc(NCc3cccc(O)c3O)c1O2.CC(C)(C)c1cc(N=Cc2ccccn2)c2c(c1)C(C)(C)c1cc(C(C)(C)C)cc(NCc3cccc(O)c3O)c1O2.CCOCC.CCOCC.CCOCC.F[P-](F)(F)(F)(F)F.F[P-](F)(F)(F)(F)F.[Cu+2].[Cu+2]. The van der Waals surface area contributed by atoms with Gasteiger partial charge >= 0.3 is 100 Å². The Kier molecular flexibility index (Phi) is 35.3. The fraction of sp³-hybridized carbons (Fsp3) is 0.429. The molecule has 0 aliphatic carbocycles. The Balaban J connectivity index is 0.000000572. The molecule has 0 spiro atoms. The number of aliphatic imine (C=N–C) groups is 2. The van der Waals surface area contributed by atoms with Gasteiger partial charge in [0, 0.05) is 109 Å². The second kappa shape index (κ2) is 39.2. The van der Waals surface area contributed by atoms with Crippen molar-refractivity contribution in [2.24, 2.45) is 9.98 Å². The molecule has 4 heterocycles. The van der Waals surface area contributed by atoms with Crippen LogP contribution in [0.2, 0.25) is 0 Å². The Bertz CT molecular complexity index is 4240. The second-order valence-corrected chi connectivity index (χ2v) is 35.4. The standard InChI is InChI=1S/2C36H41N3O3.3C4H10O.2Cu.2F6P/c2*1-34(2,3)23-16-26-32(28(18-23)38-20-22-12-11-14-30(40)31(22)41)42-33-27(36(26,7)8)17-24(35(4,5)6)19-29(33)39-21-25-13-9-10-15-37-25;3*1-3-5-4-2;;;2*1-7(2,3,4,5)6/h2*9-19,21,38,40-41H,20H2,1-8H3;3*3-4H2,1-2H3;;;;/q;;;;;2*+2;2*-1. The maximum atomic E-state index is 10.4.